The Bertz CT molecular complexity index is 1250. The van der Waals surface area contributed by atoms with Gasteiger partial charge in [-0.25, -0.2) is 4.98 Å². The predicted octanol–water partition coefficient (Wildman–Crippen LogP) is 3.21. The largest absolute Gasteiger partial charge is 0.417 e. The quantitative estimate of drug-likeness (QED) is 0.627. The van der Waals surface area contributed by atoms with E-state index in [1.807, 2.05) is 0 Å². The number of halogens is 3. The van der Waals surface area contributed by atoms with Gasteiger partial charge in [-0.05, 0) is 30.7 Å². The lowest BCUT2D eigenvalue weighted by molar-refractivity contribution is -0.137. The molecule has 1 fully saturated rings. The van der Waals surface area contributed by atoms with Crippen molar-refractivity contribution in [2.24, 2.45) is 7.05 Å². The number of carbonyl (C=O) groups is 1. The van der Waals surface area contributed by atoms with E-state index in [2.05, 4.69) is 21.9 Å². The van der Waals surface area contributed by atoms with Gasteiger partial charge < -0.3 is 14.8 Å². The third-order valence-corrected chi connectivity index (χ3v) is 5.50. The molecule has 0 radical (unpaired) electrons. The number of nitrogens with one attached hydrogen (secondary N) is 1. The minimum absolute atomic E-state index is 0.102. The van der Waals surface area contributed by atoms with Crippen molar-refractivity contribution >= 4 is 22.5 Å². The van der Waals surface area contributed by atoms with Gasteiger partial charge in [-0.1, -0.05) is 6.58 Å². The molecular weight excluding hydrogens is 423 g/mol. The van der Waals surface area contributed by atoms with Crippen LogP contribution in [0.5, 0.6) is 0 Å². The molecule has 10 heteroatoms. The number of carbonyl (C=O) groups excluding carboxylic acids is 1. The van der Waals surface area contributed by atoms with Gasteiger partial charge in [0.15, 0.2) is 0 Å². The summed E-state index contributed by atoms with van der Waals surface area (Å²) in [6.07, 6.45) is 1.29. The molecule has 4 heterocycles. The Hall–Kier alpha value is -3.69. The molecule has 0 spiro atoms. The average molecular weight is 443 g/mol. The first-order valence-corrected chi connectivity index (χ1v) is 9.89. The number of hydrogen-bond donors (Lipinski definition) is 1. The summed E-state index contributed by atoms with van der Waals surface area (Å²) in [7, 11) is 1.61. The van der Waals surface area contributed by atoms with E-state index in [4.69, 9.17) is 0 Å². The van der Waals surface area contributed by atoms with Gasteiger partial charge >= 0.3 is 6.18 Å². The van der Waals surface area contributed by atoms with E-state index in [1.165, 1.54) is 22.9 Å². The normalized spacial score (nSPS) is 16.4. The number of aromatic nitrogens is 3. The van der Waals surface area contributed by atoms with Crippen LogP contribution in [-0.2, 0) is 18.0 Å². The highest BCUT2D eigenvalue weighted by molar-refractivity contribution is 6.00. The maximum absolute atomic E-state index is 12.9. The summed E-state index contributed by atoms with van der Waals surface area (Å²) in [5.41, 5.74) is -0.429. The summed E-state index contributed by atoms with van der Waals surface area (Å²) in [5, 5.41) is 4.08. The van der Waals surface area contributed by atoms with Gasteiger partial charge in [-0.3, -0.25) is 14.6 Å². The van der Waals surface area contributed by atoms with Crippen LogP contribution in [0.2, 0.25) is 0 Å². The van der Waals surface area contributed by atoms with Crippen LogP contribution in [0, 0.1) is 0 Å². The van der Waals surface area contributed by atoms with Crippen molar-refractivity contribution < 1.29 is 18.0 Å². The van der Waals surface area contributed by atoms with E-state index in [0.717, 1.165) is 12.3 Å². The van der Waals surface area contributed by atoms with Crippen molar-refractivity contribution in [3.8, 4) is 11.3 Å². The zero-order valence-corrected chi connectivity index (χ0v) is 17.2. The van der Waals surface area contributed by atoms with Crippen molar-refractivity contribution in [1.29, 1.82) is 0 Å². The molecule has 1 aliphatic heterocycles. The van der Waals surface area contributed by atoms with Gasteiger partial charge in [-0.15, -0.1) is 0 Å². The van der Waals surface area contributed by atoms with Gasteiger partial charge in [0.1, 0.15) is 5.82 Å². The summed E-state index contributed by atoms with van der Waals surface area (Å²) >= 11 is 0. The van der Waals surface area contributed by atoms with Crippen LogP contribution in [-0.4, -0.2) is 44.5 Å². The van der Waals surface area contributed by atoms with Gasteiger partial charge in [-0.2, -0.15) is 13.2 Å². The van der Waals surface area contributed by atoms with Crippen molar-refractivity contribution in [1.82, 2.24) is 19.4 Å². The highest BCUT2D eigenvalue weighted by Gasteiger charge is 2.31. The predicted molar refractivity (Wildman–Crippen MR) is 114 cm³/mol. The Balaban J connectivity index is 1.74. The number of fused-ring (bicyclic) bond motifs is 1. The summed E-state index contributed by atoms with van der Waals surface area (Å²) in [6.45, 7) is 4.51. The molecule has 1 aliphatic rings. The molecular formula is C22H20F3N5O2. The zero-order chi connectivity index (χ0) is 23.0. The van der Waals surface area contributed by atoms with Crippen LogP contribution in [0.4, 0.5) is 19.0 Å². The lowest BCUT2D eigenvalue weighted by atomic mass is 10.0. The minimum atomic E-state index is -4.49. The third-order valence-electron chi connectivity index (χ3n) is 5.50. The molecule has 4 rings (SSSR count). The molecule has 7 nitrogen and oxygen atoms in total. The van der Waals surface area contributed by atoms with Crippen LogP contribution in [0.1, 0.15) is 12.0 Å². The highest BCUT2D eigenvalue weighted by Crippen LogP contribution is 2.32. The molecule has 0 aromatic carbocycles. The number of alkyl halides is 3. The van der Waals surface area contributed by atoms with Crippen LogP contribution in [0.15, 0.2) is 54.2 Å². The number of anilines is 1. The zero-order valence-electron chi connectivity index (χ0n) is 17.2. The topological polar surface area (TPSA) is 80.1 Å². The molecule has 0 aliphatic carbocycles. The van der Waals surface area contributed by atoms with Gasteiger partial charge in [0.05, 0.1) is 16.6 Å². The van der Waals surface area contributed by atoms with Crippen LogP contribution >= 0.6 is 0 Å². The number of nitrogens with zero attached hydrogens (tertiary/aromatic N) is 4. The Morgan fingerprint density at radius 1 is 1.25 bits per heavy atom. The van der Waals surface area contributed by atoms with Crippen molar-refractivity contribution in [2.45, 2.75) is 18.6 Å². The second-order valence-electron chi connectivity index (χ2n) is 7.59. The summed E-state index contributed by atoms with van der Waals surface area (Å²) < 4.78 is 40.1. The monoisotopic (exact) mass is 443 g/mol. The summed E-state index contributed by atoms with van der Waals surface area (Å²) in [4.78, 5) is 34.8. The average Bonchev–Trinajstić information content (AvgIpc) is 3.24. The second kappa shape index (κ2) is 8.10. The highest BCUT2D eigenvalue weighted by atomic mass is 19.4. The first-order valence-electron chi connectivity index (χ1n) is 9.89. The molecule has 0 bridgehead atoms. The first kappa shape index (κ1) is 21.5. The van der Waals surface area contributed by atoms with Crippen LogP contribution < -0.4 is 10.9 Å². The molecule has 3 aromatic heterocycles. The molecule has 0 saturated carbocycles. The van der Waals surface area contributed by atoms with Crippen molar-refractivity contribution in [2.75, 3.05) is 18.4 Å². The van der Waals surface area contributed by atoms with E-state index < -0.39 is 11.7 Å². The van der Waals surface area contributed by atoms with Gasteiger partial charge in [0.25, 0.3) is 5.56 Å². The van der Waals surface area contributed by atoms with E-state index in [-0.39, 0.29) is 23.2 Å². The summed E-state index contributed by atoms with van der Waals surface area (Å²) in [6, 6.07) is 3.82. The van der Waals surface area contributed by atoms with Crippen molar-refractivity contribution in [3.05, 3.63) is 65.4 Å². The van der Waals surface area contributed by atoms with Gasteiger partial charge in [0.2, 0.25) is 5.91 Å². The van der Waals surface area contributed by atoms with Gasteiger partial charge in [0, 0.05) is 55.7 Å². The van der Waals surface area contributed by atoms with Crippen molar-refractivity contribution in [3.63, 3.8) is 0 Å². The van der Waals surface area contributed by atoms with E-state index in [1.54, 1.807) is 24.2 Å². The third kappa shape index (κ3) is 3.95. The maximum atomic E-state index is 12.9. The lowest BCUT2D eigenvalue weighted by Gasteiger charge is -2.18. The second-order valence-corrected chi connectivity index (χ2v) is 7.59. The number of amides is 1. The number of hydrogen-bond acceptors (Lipinski definition) is 5. The first-order chi connectivity index (χ1) is 15.2. The number of aryl methyl sites for hydroxylation is 1. The maximum Gasteiger partial charge on any atom is 0.417 e. The molecule has 0 unspecified atom stereocenters. The van der Waals surface area contributed by atoms with E-state index in [0.29, 0.717) is 41.7 Å². The molecule has 1 atom stereocenters. The molecule has 166 valence electrons. The molecule has 1 amide bonds. The summed E-state index contributed by atoms with van der Waals surface area (Å²) in [5.74, 6) is 0.196. The Morgan fingerprint density at radius 2 is 2.03 bits per heavy atom. The SMILES string of the molecule is C=CC(=O)N1CC[C@H](Nc2ncc(-c3ccc(C(F)(F)F)cn3)c3ccn(C)c(=O)c23)C1. The standard InChI is InChI=1S/C22H20F3N5O2/c1-3-18(31)30-9-6-14(12-30)28-20-19-15(7-8-29(2)21(19)32)16(11-27-20)17-5-4-13(10-26-17)22(23,24)25/h3-5,7-8,10-11,14H,1,6,9,12H2,2H3,(H,27,28)/t14-/m0/s1. The Morgan fingerprint density at radius 3 is 2.69 bits per heavy atom. The fourth-order valence-corrected chi connectivity index (χ4v) is 3.78. The smallest absolute Gasteiger partial charge is 0.365 e. The van der Waals surface area contributed by atoms with E-state index in [9.17, 15) is 22.8 Å². The number of likely N-dealkylation sites (tertiary alicyclic amines) is 1. The lowest BCUT2D eigenvalue weighted by Crippen LogP contribution is -2.30. The number of pyridine rings is 3. The molecule has 1 N–H and O–H groups in total. The van der Waals surface area contributed by atoms with Crippen LogP contribution in [0.3, 0.4) is 0 Å². The molecule has 3 aromatic rings. The Labute approximate surface area is 181 Å². The fourth-order valence-electron chi connectivity index (χ4n) is 3.78. The van der Waals surface area contributed by atoms with Crippen LogP contribution in [0.25, 0.3) is 22.0 Å². The Kier molecular flexibility index (Phi) is 5.45. The minimum Gasteiger partial charge on any atom is -0.365 e. The molecule has 1 saturated heterocycles. The molecule has 32 heavy (non-hydrogen) atoms. The number of rotatable bonds is 4. The van der Waals surface area contributed by atoms with E-state index >= 15 is 0 Å². The fraction of sp³-hybridized carbons (Fsp3) is 0.273.